The van der Waals surface area contributed by atoms with Gasteiger partial charge in [-0.25, -0.2) is 12.8 Å². The highest BCUT2D eigenvalue weighted by Crippen LogP contribution is 2.25. The Kier molecular flexibility index (Phi) is 4.64. The van der Waals surface area contributed by atoms with Gasteiger partial charge in [0.05, 0.1) is 22.1 Å². The van der Waals surface area contributed by atoms with Crippen molar-refractivity contribution in [3.05, 3.63) is 58.8 Å². The van der Waals surface area contributed by atoms with Crippen LogP contribution in [0, 0.1) is 5.82 Å². The highest BCUT2D eigenvalue weighted by molar-refractivity contribution is 7.91. The summed E-state index contributed by atoms with van der Waals surface area (Å²) >= 11 is 5.91. The normalized spacial score (nSPS) is 18.1. The molecule has 1 aliphatic heterocycles. The maximum atomic E-state index is 13.1. The van der Waals surface area contributed by atoms with Gasteiger partial charge >= 0.3 is 0 Å². The summed E-state index contributed by atoms with van der Waals surface area (Å²) in [6.45, 7) is 0.407. The fourth-order valence-electron chi connectivity index (χ4n) is 2.75. The molecule has 3 rings (SSSR count). The lowest BCUT2D eigenvalue weighted by molar-refractivity contribution is 0.0793. The lowest BCUT2D eigenvalue weighted by Crippen LogP contribution is -2.32. The first-order chi connectivity index (χ1) is 11.4. The highest BCUT2D eigenvalue weighted by Gasteiger charge is 2.36. The predicted octanol–water partition coefficient (Wildman–Crippen LogP) is 2.90. The molecule has 8 heteroatoms. The minimum atomic E-state index is -3.43. The largest absolute Gasteiger partial charge is 0.468 e. The van der Waals surface area contributed by atoms with Crippen molar-refractivity contribution in [3.63, 3.8) is 0 Å². The first-order valence-corrected chi connectivity index (χ1v) is 9.44. The molecule has 1 amide bonds. The molecule has 24 heavy (non-hydrogen) atoms. The van der Waals surface area contributed by atoms with Crippen molar-refractivity contribution in [2.75, 3.05) is 13.1 Å². The molecule has 0 aliphatic carbocycles. The summed E-state index contributed by atoms with van der Waals surface area (Å²) < 4.78 is 43.1. The van der Waals surface area contributed by atoms with Crippen LogP contribution in [0.4, 0.5) is 4.39 Å². The summed E-state index contributed by atoms with van der Waals surface area (Å²) in [4.78, 5) is 13.9. The van der Waals surface area contributed by atoms with Gasteiger partial charge in [0.15, 0.2) is 9.84 Å². The van der Waals surface area contributed by atoms with E-state index in [0.29, 0.717) is 18.7 Å². The lowest BCUT2D eigenvalue weighted by Gasteiger charge is -2.17. The minimum absolute atomic E-state index is 0.0156. The van der Waals surface area contributed by atoms with Crippen LogP contribution in [0.15, 0.2) is 41.0 Å². The van der Waals surface area contributed by atoms with Gasteiger partial charge in [0.25, 0.3) is 5.91 Å². The summed E-state index contributed by atoms with van der Waals surface area (Å²) in [7, 11) is -3.43. The van der Waals surface area contributed by atoms with E-state index in [2.05, 4.69) is 0 Å². The number of hydrogen-bond acceptors (Lipinski definition) is 4. The van der Waals surface area contributed by atoms with Crippen LogP contribution in [0.1, 0.15) is 22.5 Å². The third kappa shape index (κ3) is 3.47. The zero-order valence-corrected chi connectivity index (χ0v) is 14.2. The number of carbonyl (C=O) groups excluding carboxylic acids is 1. The molecular formula is C16H15ClFNO4S. The van der Waals surface area contributed by atoms with Gasteiger partial charge in [-0.3, -0.25) is 4.79 Å². The summed E-state index contributed by atoms with van der Waals surface area (Å²) in [5.74, 6) is -0.738. The number of rotatable bonds is 4. The van der Waals surface area contributed by atoms with Crippen molar-refractivity contribution in [2.24, 2.45) is 0 Å². The van der Waals surface area contributed by atoms with Crippen LogP contribution in [-0.2, 0) is 15.6 Å². The van der Waals surface area contributed by atoms with Gasteiger partial charge in [-0.05, 0) is 36.8 Å². The number of hydrogen-bond donors (Lipinski definition) is 0. The molecule has 0 radical (unpaired) electrons. The van der Waals surface area contributed by atoms with Crippen LogP contribution in [0.5, 0.6) is 0 Å². The fraction of sp³-hybridized carbons (Fsp3) is 0.312. The second-order valence-corrected chi connectivity index (χ2v) is 8.36. The Balaban J connectivity index is 1.71. The molecule has 0 spiro atoms. The standard InChI is InChI=1S/C16H15ClFNO4S/c17-15-8-11(18)3-4-14(15)16(20)19-6-5-13(9-19)24(21,22)10-12-2-1-7-23-12/h1-4,7-8,13H,5-6,9-10H2/t13-/m0/s1. The average molecular weight is 372 g/mol. The van der Waals surface area contributed by atoms with E-state index in [1.807, 2.05) is 0 Å². The second kappa shape index (κ2) is 6.57. The van der Waals surface area contributed by atoms with Gasteiger partial charge in [-0.15, -0.1) is 0 Å². The number of halogens is 2. The maximum Gasteiger partial charge on any atom is 0.255 e. The summed E-state index contributed by atoms with van der Waals surface area (Å²) in [5.41, 5.74) is 0.169. The number of nitrogens with zero attached hydrogens (tertiary/aromatic N) is 1. The molecule has 5 nitrogen and oxygen atoms in total. The molecule has 1 saturated heterocycles. The molecular weight excluding hydrogens is 357 g/mol. The van der Waals surface area contributed by atoms with Crippen LogP contribution in [0.2, 0.25) is 5.02 Å². The molecule has 1 atom stereocenters. The zero-order valence-electron chi connectivity index (χ0n) is 12.6. The Bertz CT molecular complexity index is 851. The molecule has 1 fully saturated rings. The lowest BCUT2D eigenvalue weighted by atomic mass is 10.2. The SMILES string of the molecule is O=C(c1ccc(F)cc1Cl)N1CC[C@H](S(=O)(=O)Cc2ccco2)C1. The van der Waals surface area contributed by atoms with E-state index in [1.54, 1.807) is 12.1 Å². The molecule has 128 valence electrons. The van der Waals surface area contributed by atoms with E-state index in [-0.39, 0.29) is 22.9 Å². The van der Waals surface area contributed by atoms with Gasteiger partial charge in [-0.1, -0.05) is 11.6 Å². The van der Waals surface area contributed by atoms with E-state index in [0.717, 1.165) is 12.1 Å². The number of likely N-dealkylation sites (tertiary alicyclic amines) is 1. The minimum Gasteiger partial charge on any atom is -0.468 e. The van der Waals surface area contributed by atoms with E-state index < -0.39 is 26.8 Å². The molecule has 0 saturated carbocycles. The maximum absolute atomic E-state index is 13.1. The van der Waals surface area contributed by atoms with Crippen molar-refractivity contribution in [2.45, 2.75) is 17.4 Å². The van der Waals surface area contributed by atoms with Crippen LogP contribution in [0.3, 0.4) is 0 Å². The monoisotopic (exact) mass is 371 g/mol. The summed E-state index contributed by atoms with van der Waals surface area (Å²) in [5, 5.41) is -0.632. The van der Waals surface area contributed by atoms with Crippen LogP contribution in [0.25, 0.3) is 0 Å². The Morgan fingerprint density at radius 2 is 2.17 bits per heavy atom. The number of benzene rings is 1. The summed E-state index contributed by atoms with van der Waals surface area (Å²) in [6.07, 6.45) is 1.78. The molecule has 0 unspecified atom stereocenters. The van der Waals surface area contributed by atoms with Crippen molar-refractivity contribution in [1.29, 1.82) is 0 Å². The third-order valence-electron chi connectivity index (χ3n) is 4.03. The molecule has 2 aromatic rings. The quantitative estimate of drug-likeness (QED) is 0.828. The number of furan rings is 1. The van der Waals surface area contributed by atoms with Gasteiger partial charge in [0.1, 0.15) is 17.3 Å². The van der Waals surface area contributed by atoms with Crippen molar-refractivity contribution >= 4 is 27.3 Å². The molecule has 1 aliphatic rings. The topological polar surface area (TPSA) is 67.6 Å². The second-order valence-electron chi connectivity index (χ2n) is 5.67. The van der Waals surface area contributed by atoms with Gasteiger partial charge in [0.2, 0.25) is 0 Å². The highest BCUT2D eigenvalue weighted by atomic mass is 35.5. The van der Waals surface area contributed by atoms with E-state index in [1.165, 1.54) is 17.2 Å². The first kappa shape index (κ1) is 17.0. The first-order valence-electron chi connectivity index (χ1n) is 7.35. The smallest absolute Gasteiger partial charge is 0.255 e. The van der Waals surface area contributed by atoms with E-state index in [4.69, 9.17) is 16.0 Å². The molecule has 1 aromatic carbocycles. The van der Waals surface area contributed by atoms with Crippen molar-refractivity contribution < 1.29 is 22.0 Å². The Hall–Kier alpha value is -1.86. The Labute approximate surface area is 143 Å². The number of amides is 1. The molecule has 0 bridgehead atoms. The van der Waals surface area contributed by atoms with Gasteiger partial charge < -0.3 is 9.32 Å². The Morgan fingerprint density at radius 1 is 1.38 bits per heavy atom. The molecule has 0 N–H and O–H groups in total. The number of carbonyl (C=O) groups is 1. The fourth-order valence-corrected chi connectivity index (χ4v) is 4.67. The van der Waals surface area contributed by atoms with Gasteiger partial charge in [0, 0.05) is 13.1 Å². The van der Waals surface area contributed by atoms with Crippen LogP contribution in [-0.4, -0.2) is 37.6 Å². The third-order valence-corrected chi connectivity index (χ3v) is 6.43. The van der Waals surface area contributed by atoms with Crippen molar-refractivity contribution in [3.8, 4) is 0 Å². The summed E-state index contributed by atoms with van der Waals surface area (Å²) in [6, 6.07) is 6.76. The predicted molar refractivity (Wildman–Crippen MR) is 87.1 cm³/mol. The van der Waals surface area contributed by atoms with E-state index in [9.17, 15) is 17.6 Å². The number of sulfone groups is 1. The van der Waals surface area contributed by atoms with E-state index >= 15 is 0 Å². The average Bonchev–Trinajstić information content (AvgIpc) is 3.17. The van der Waals surface area contributed by atoms with Crippen molar-refractivity contribution in [1.82, 2.24) is 4.90 Å². The zero-order chi connectivity index (χ0) is 17.3. The van der Waals surface area contributed by atoms with Gasteiger partial charge in [-0.2, -0.15) is 0 Å². The molecule has 2 heterocycles. The van der Waals surface area contributed by atoms with Crippen LogP contribution < -0.4 is 0 Å². The van der Waals surface area contributed by atoms with Crippen LogP contribution >= 0.6 is 11.6 Å². The molecule has 1 aromatic heterocycles. The Morgan fingerprint density at radius 3 is 2.83 bits per heavy atom.